The Morgan fingerprint density at radius 2 is 2.25 bits per heavy atom. The highest BCUT2D eigenvalue weighted by Gasteiger charge is 2.06. The molecule has 0 aliphatic heterocycles. The summed E-state index contributed by atoms with van der Waals surface area (Å²) >= 11 is 0. The molecule has 0 fully saturated rings. The van der Waals surface area contributed by atoms with Crippen LogP contribution < -0.4 is 5.73 Å². The average Bonchev–Trinajstić information content (AvgIpc) is 2.65. The van der Waals surface area contributed by atoms with Gasteiger partial charge in [0.05, 0.1) is 11.4 Å². The van der Waals surface area contributed by atoms with Gasteiger partial charge in [-0.2, -0.15) is 15.4 Å². The predicted octanol–water partition coefficient (Wildman–Crippen LogP) is 0.803. The summed E-state index contributed by atoms with van der Waals surface area (Å²) in [4.78, 5) is 11.0. The second-order valence-electron chi connectivity index (χ2n) is 3.60. The number of primary amides is 1. The maximum absolute atomic E-state index is 11.0. The van der Waals surface area contributed by atoms with E-state index in [9.17, 15) is 4.79 Å². The van der Waals surface area contributed by atoms with Crippen molar-refractivity contribution in [1.29, 1.82) is 0 Å². The van der Waals surface area contributed by atoms with Crippen LogP contribution in [0.2, 0.25) is 0 Å². The zero-order chi connectivity index (χ0) is 11.5. The molecular weight excluding hydrogens is 204 g/mol. The molecule has 0 saturated carbocycles. The zero-order valence-electron chi connectivity index (χ0n) is 8.90. The van der Waals surface area contributed by atoms with Crippen molar-refractivity contribution in [2.24, 2.45) is 5.73 Å². The molecule has 82 valence electrons. The Labute approximate surface area is 92.7 Å². The molecular formula is C11H12N4O. The van der Waals surface area contributed by atoms with E-state index in [0.717, 1.165) is 17.0 Å². The second kappa shape index (κ2) is 4.14. The number of aryl methyl sites for hydroxylation is 1. The monoisotopic (exact) mass is 216 g/mol. The van der Waals surface area contributed by atoms with Gasteiger partial charge in [0, 0.05) is 12.0 Å². The van der Waals surface area contributed by atoms with Crippen molar-refractivity contribution in [2.75, 3.05) is 0 Å². The molecule has 1 amide bonds. The fourth-order valence-electron chi connectivity index (χ4n) is 1.50. The van der Waals surface area contributed by atoms with Crippen molar-refractivity contribution in [3.8, 4) is 0 Å². The lowest BCUT2D eigenvalue weighted by atomic mass is 10.1. The van der Waals surface area contributed by atoms with E-state index in [1.807, 2.05) is 19.1 Å². The molecule has 0 unspecified atom stereocenters. The molecule has 0 saturated heterocycles. The third kappa shape index (κ3) is 2.08. The van der Waals surface area contributed by atoms with Crippen molar-refractivity contribution in [3.63, 3.8) is 0 Å². The molecule has 5 heteroatoms. The van der Waals surface area contributed by atoms with Crippen molar-refractivity contribution < 1.29 is 4.79 Å². The van der Waals surface area contributed by atoms with E-state index >= 15 is 0 Å². The molecule has 2 aromatic rings. The number of benzene rings is 1. The Morgan fingerprint density at radius 3 is 2.88 bits per heavy atom. The largest absolute Gasteiger partial charge is 0.366 e. The van der Waals surface area contributed by atoms with Gasteiger partial charge in [0.1, 0.15) is 0 Å². The summed E-state index contributed by atoms with van der Waals surface area (Å²) in [6.45, 7) is 1.89. The lowest BCUT2D eigenvalue weighted by Crippen LogP contribution is -2.11. The first kappa shape index (κ1) is 10.4. The van der Waals surface area contributed by atoms with Gasteiger partial charge >= 0.3 is 0 Å². The third-order valence-electron chi connectivity index (χ3n) is 2.40. The number of carbonyl (C=O) groups is 1. The van der Waals surface area contributed by atoms with Gasteiger partial charge in [0.2, 0.25) is 5.91 Å². The summed E-state index contributed by atoms with van der Waals surface area (Å²) in [7, 11) is 0. The molecule has 3 N–H and O–H groups in total. The van der Waals surface area contributed by atoms with Crippen LogP contribution in [-0.4, -0.2) is 21.3 Å². The Kier molecular flexibility index (Phi) is 2.68. The van der Waals surface area contributed by atoms with Crippen LogP contribution >= 0.6 is 0 Å². The molecule has 0 aliphatic rings. The molecule has 0 radical (unpaired) electrons. The van der Waals surface area contributed by atoms with E-state index < -0.39 is 5.91 Å². The summed E-state index contributed by atoms with van der Waals surface area (Å²) in [6.07, 6.45) is 0.642. The lowest BCUT2D eigenvalue weighted by molar-refractivity contribution is 0.1000. The SMILES string of the molecule is Cc1n[nH]nc1Cc1cccc(C(N)=O)c1. The van der Waals surface area contributed by atoms with Gasteiger partial charge in [-0.15, -0.1) is 0 Å². The summed E-state index contributed by atoms with van der Waals surface area (Å²) in [5, 5.41) is 10.5. The van der Waals surface area contributed by atoms with Gasteiger partial charge in [-0.1, -0.05) is 12.1 Å². The molecule has 0 bridgehead atoms. The summed E-state index contributed by atoms with van der Waals surface area (Å²) in [5.74, 6) is -0.418. The standard InChI is InChI=1S/C11H12N4O/c1-7-10(14-15-13-7)6-8-3-2-4-9(5-8)11(12)16/h2-5H,6H2,1H3,(H2,12,16)(H,13,14,15). The van der Waals surface area contributed by atoms with Gasteiger partial charge in [-0.3, -0.25) is 4.79 Å². The molecule has 16 heavy (non-hydrogen) atoms. The number of amides is 1. The van der Waals surface area contributed by atoms with Crippen LogP contribution in [-0.2, 0) is 6.42 Å². The van der Waals surface area contributed by atoms with E-state index in [0.29, 0.717) is 12.0 Å². The number of hydrogen-bond donors (Lipinski definition) is 2. The number of aromatic amines is 1. The minimum Gasteiger partial charge on any atom is -0.366 e. The first-order valence-electron chi connectivity index (χ1n) is 4.92. The topological polar surface area (TPSA) is 84.7 Å². The number of aromatic nitrogens is 3. The van der Waals surface area contributed by atoms with E-state index in [1.54, 1.807) is 12.1 Å². The van der Waals surface area contributed by atoms with Gasteiger partial charge in [0.15, 0.2) is 0 Å². The molecule has 1 heterocycles. The Hall–Kier alpha value is -2.17. The molecule has 0 spiro atoms. The molecule has 0 aliphatic carbocycles. The number of nitrogens with zero attached hydrogens (tertiary/aromatic N) is 2. The van der Waals surface area contributed by atoms with Crippen LogP contribution in [0.25, 0.3) is 0 Å². The average molecular weight is 216 g/mol. The number of hydrogen-bond acceptors (Lipinski definition) is 3. The van der Waals surface area contributed by atoms with Crippen LogP contribution in [0.3, 0.4) is 0 Å². The van der Waals surface area contributed by atoms with Crippen LogP contribution in [0.5, 0.6) is 0 Å². The van der Waals surface area contributed by atoms with E-state index in [-0.39, 0.29) is 0 Å². The smallest absolute Gasteiger partial charge is 0.248 e. The Morgan fingerprint density at radius 1 is 1.44 bits per heavy atom. The minimum absolute atomic E-state index is 0.418. The first-order valence-corrected chi connectivity index (χ1v) is 4.92. The molecule has 1 aromatic heterocycles. The summed E-state index contributed by atoms with van der Waals surface area (Å²) < 4.78 is 0. The van der Waals surface area contributed by atoms with Crippen molar-refractivity contribution >= 4 is 5.91 Å². The maximum Gasteiger partial charge on any atom is 0.248 e. The fourth-order valence-corrected chi connectivity index (χ4v) is 1.50. The maximum atomic E-state index is 11.0. The minimum atomic E-state index is -0.418. The van der Waals surface area contributed by atoms with Gasteiger partial charge in [-0.05, 0) is 24.6 Å². The van der Waals surface area contributed by atoms with Crippen molar-refractivity contribution in [1.82, 2.24) is 15.4 Å². The highest BCUT2D eigenvalue weighted by atomic mass is 16.1. The van der Waals surface area contributed by atoms with Gasteiger partial charge in [0.25, 0.3) is 0 Å². The van der Waals surface area contributed by atoms with Crippen molar-refractivity contribution in [2.45, 2.75) is 13.3 Å². The van der Waals surface area contributed by atoms with Crippen LogP contribution in [0.1, 0.15) is 27.3 Å². The van der Waals surface area contributed by atoms with Crippen LogP contribution in [0, 0.1) is 6.92 Å². The lowest BCUT2D eigenvalue weighted by Gasteiger charge is -2.01. The predicted molar refractivity (Wildman–Crippen MR) is 58.9 cm³/mol. The highest BCUT2D eigenvalue weighted by molar-refractivity contribution is 5.92. The first-order chi connectivity index (χ1) is 7.66. The van der Waals surface area contributed by atoms with E-state index in [1.165, 1.54) is 0 Å². The summed E-state index contributed by atoms with van der Waals surface area (Å²) in [6, 6.07) is 7.21. The normalized spacial score (nSPS) is 10.3. The van der Waals surface area contributed by atoms with Crippen LogP contribution in [0.15, 0.2) is 24.3 Å². The number of H-pyrrole nitrogens is 1. The fraction of sp³-hybridized carbons (Fsp3) is 0.182. The molecule has 5 nitrogen and oxygen atoms in total. The second-order valence-corrected chi connectivity index (χ2v) is 3.60. The highest BCUT2D eigenvalue weighted by Crippen LogP contribution is 2.11. The molecule has 1 aromatic carbocycles. The number of carbonyl (C=O) groups excluding carboxylic acids is 1. The van der Waals surface area contributed by atoms with Gasteiger partial charge < -0.3 is 5.73 Å². The number of rotatable bonds is 3. The van der Waals surface area contributed by atoms with E-state index in [2.05, 4.69) is 15.4 Å². The third-order valence-corrected chi connectivity index (χ3v) is 2.40. The van der Waals surface area contributed by atoms with E-state index in [4.69, 9.17) is 5.73 Å². The Bertz CT molecular complexity index is 518. The molecule has 2 rings (SSSR count). The quantitative estimate of drug-likeness (QED) is 0.795. The van der Waals surface area contributed by atoms with Crippen LogP contribution in [0.4, 0.5) is 0 Å². The summed E-state index contributed by atoms with van der Waals surface area (Å²) in [5.41, 5.74) is 8.46. The van der Waals surface area contributed by atoms with Crippen molar-refractivity contribution in [3.05, 3.63) is 46.8 Å². The number of nitrogens with two attached hydrogens (primary N) is 1. The Balaban J connectivity index is 2.25. The molecule has 0 atom stereocenters. The van der Waals surface area contributed by atoms with Gasteiger partial charge in [-0.25, -0.2) is 0 Å². The number of nitrogens with one attached hydrogen (secondary N) is 1. The zero-order valence-corrected chi connectivity index (χ0v) is 8.90.